The van der Waals surface area contributed by atoms with E-state index in [2.05, 4.69) is 113 Å². The molecule has 0 atom stereocenters. The van der Waals surface area contributed by atoms with Gasteiger partial charge < -0.3 is 0 Å². The van der Waals surface area contributed by atoms with Gasteiger partial charge in [-0.25, -0.2) is 0 Å². The first-order valence-electron chi connectivity index (χ1n) is 10.4. The molecule has 0 bridgehead atoms. The van der Waals surface area contributed by atoms with Gasteiger partial charge in [0.25, 0.3) is 0 Å². The Hall–Kier alpha value is -3.12. The summed E-state index contributed by atoms with van der Waals surface area (Å²) in [6.07, 6.45) is 0. The summed E-state index contributed by atoms with van der Waals surface area (Å²) in [5, 5.41) is 0. The fourth-order valence-electron chi connectivity index (χ4n) is 4.97. The van der Waals surface area contributed by atoms with E-state index in [1.165, 1.54) is 55.6 Å². The normalized spacial score (nSPS) is 13.8. The molecule has 0 radical (unpaired) electrons. The van der Waals surface area contributed by atoms with Gasteiger partial charge in [0.1, 0.15) is 0 Å². The Labute approximate surface area is 173 Å². The molecule has 0 saturated heterocycles. The molecule has 4 aromatic carbocycles. The molecule has 4 aromatic rings. The van der Waals surface area contributed by atoms with E-state index in [1.54, 1.807) is 0 Å². The van der Waals surface area contributed by atoms with E-state index in [4.69, 9.17) is 0 Å². The van der Waals surface area contributed by atoms with Crippen LogP contribution in [0.25, 0.3) is 11.1 Å². The number of fused-ring (bicyclic) bond motifs is 3. The maximum absolute atomic E-state index is 2.39. The maximum Gasteiger partial charge on any atom is 0.0713 e. The number of hydrogen-bond acceptors (Lipinski definition) is 0. The van der Waals surface area contributed by atoms with E-state index in [9.17, 15) is 0 Å². The third kappa shape index (κ3) is 2.45. The first-order chi connectivity index (χ1) is 14.0. The van der Waals surface area contributed by atoms with E-state index in [-0.39, 0.29) is 5.41 Å². The molecule has 0 fully saturated rings. The van der Waals surface area contributed by atoms with Crippen LogP contribution in [0.15, 0.2) is 84.9 Å². The van der Waals surface area contributed by atoms with Gasteiger partial charge in [0.2, 0.25) is 0 Å². The summed E-state index contributed by atoms with van der Waals surface area (Å²) in [6.45, 7) is 8.83. The number of rotatable bonds is 2. The number of aryl methyl sites for hydroxylation is 4. The lowest BCUT2D eigenvalue weighted by molar-refractivity contribution is 0.765. The topological polar surface area (TPSA) is 0 Å². The van der Waals surface area contributed by atoms with Crippen LogP contribution in [0.1, 0.15) is 44.5 Å². The molecule has 0 aromatic heterocycles. The van der Waals surface area contributed by atoms with Crippen molar-refractivity contribution in [1.82, 2.24) is 0 Å². The summed E-state index contributed by atoms with van der Waals surface area (Å²) in [6, 6.07) is 31.9. The quantitative estimate of drug-likeness (QED) is 0.304. The van der Waals surface area contributed by atoms with Gasteiger partial charge in [0.05, 0.1) is 5.41 Å². The van der Waals surface area contributed by atoms with Crippen molar-refractivity contribution in [2.75, 3.05) is 0 Å². The van der Waals surface area contributed by atoms with Crippen molar-refractivity contribution in [3.8, 4) is 11.1 Å². The summed E-state index contributed by atoms with van der Waals surface area (Å²) in [7, 11) is 0. The van der Waals surface area contributed by atoms with Crippen LogP contribution >= 0.6 is 0 Å². The van der Waals surface area contributed by atoms with Crippen LogP contribution in [0.4, 0.5) is 0 Å². The van der Waals surface area contributed by atoms with Crippen molar-refractivity contribution >= 4 is 0 Å². The van der Waals surface area contributed by atoms with Gasteiger partial charge in [-0.15, -0.1) is 0 Å². The smallest absolute Gasteiger partial charge is 0.0619 e. The van der Waals surface area contributed by atoms with E-state index in [0.717, 1.165) is 0 Å². The highest BCUT2D eigenvalue weighted by Crippen LogP contribution is 2.56. The lowest BCUT2D eigenvalue weighted by atomic mass is 9.67. The lowest BCUT2D eigenvalue weighted by Crippen LogP contribution is -2.29. The zero-order valence-electron chi connectivity index (χ0n) is 17.6. The molecular formula is C29H26. The minimum Gasteiger partial charge on any atom is -0.0619 e. The molecule has 0 amide bonds. The molecule has 0 nitrogen and oxygen atoms in total. The molecule has 1 aliphatic carbocycles. The van der Waals surface area contributed by atoms with Gasteiger partial charge in [0.15, 0.2) is 0 Å². The average molecular weight is 375 g/mol. The Morgan fingerprint density at radius 3 is 1.28 bits per heavy atom. The molecule has 29 heavy (non-hydrogen) atoms. The Morgan fingerprint density at radius 2 is 0.862 bits per heavy atom. The predicted octanol–water partition coefficient (Wildman–Crippen LogP) is 7.28. The standard InChI is InChI=1S/C29H26/c1-19-13-15-23(17-21(19)3)29(24-16-14-20(2)22(4)18-24)27-11-7-5-9-25(27)26-10-6-8-12-28(26)29/h5-18H,1-4H3. The van der Waals surface area contributed by atoms with Crippen molar-refractivity contribution in [3.05, 3.63) is 129 Å². The van der Waals surface area contributed by atoms with Gasteiger partial charge in [-0.3, -0.25) is 0 Å². The molecule has 0 heterocycles. The third-order valence-corrected chi connectivity index (χ3v) is 6.83. The molecule has 0 unspecified atom stereocenters. The van der Waals surface area contributed by atoms with Crippen LogP contribution in [-0.4, -0.2) is 0 Å². The molecule has 1 aliphatic rings. The molecule has 142 valence electrons. The highest BCUT2D eigenvalue weighted by molar-refractivity contribution is 5.86. The molecule has 5 rings (SSSR count). The summed E-state index contributed by atoms with van der Waals surface area (Å²) in [4.78, 5) is 0. The first-order valence-corrected chi connectivity index (χ1v) is 10.4. The number of benzene rings is 4. The van der Waals surface area contributed by atoms with Crippen molar-refractivity contribution in [3.63, 3.8) is 0 Å². The Balaban J connectivity index is 1.97. The second-order valence-electron chi connectivity index (χ2n) is 8.44. The van der Waals surface area contributed by atoms with E-state index in [1.807, 2.05) is 0 Å². The number of hydrogen-bond donors (Lipinski definition) is 0. The Kier molecular flexibility index (Phi) is 3.99. The molecule has 0 saturated carbocycles. The summed E-state index contributed by atoms with van der Waals surface area (Å²) < 4.78 is 0. The fraction of sp³-hybridized carbons (Fsp3) is 0.172. The van der Waals surface area contributed by atoms with Crippen molar-refractivity contribution in [2.24, 2.45) is 0 Å². The molecule has 0 heteroatoms. The highest BCUT2D eigenvalue weighted by Gasteiger charge is 2.45. The molecular weight excluding hydrogens is 348 g/mol. The fourth-order valence-corrected chi connectivity index (χ4v) is 4.97. The summed E-state index contributed by atoms with van der Waals surface area (Å²) >= 11 is 0. The minimum atomic E-state index is -0.288. The second kappa shape index (κ2) is 6.46. The third-order valence-electron chi connectivity index (χ3n) is 6.83. The summed E-state index contributed by atoms with van der Waals surface area (Å²) in [5.41, 5.74) is 13.2. The zero-order chi connectivity index (χ0) is 20.2. The molecule has 0 aliphatic heterocycles. The van der Waals surface area contributed by atoms with E-state index < -0.39 is 0 Å². The monoisotopic (exact) mass is 374 g/mol. The van der Waals surface area contributed by atoms with Gasteiger partial charge in [0, 0.05) is 0 Å². The van der Waals surface area contributed by atoms with Crippen LogP contribution < -0.4 is 0 Å². The van der Waals surface area contributed by atoms with Gasteiger partial charge in [-0.05, 0) is 83.3 Å². The average Bonchev–Trinajstić information content (AvgIpc) is 3.04. The van der Waals surface area contributed by atoms with Crippen LogP contribution in [0, 0.1) is 27.7 Å². The Morgan fingerprint density at radius 1 is 0.448 bits per heavy atom. The van der Waals surface area contributed by atoms with E-state index >= 15 is 0 Å². The van der Waals surface area contributed by atoms with Gasteiger partial charge >= 0.3 is 0 Å². The van der Waals surface area contributed by atoms with Gasteiger partial charge in [-0.1, -0.05) is 84.9 Å². The van der Waals surface area contributed by atoms with Crippen molar-refractivity contribution in [1.29, 1.82) is 0 Å². The van der Waals surface area contributed by atoms with Gasteiger partial charge in [-0.2, -0.15) is 0 Å². The molecule has 0 N–H and O–H groups in total. The SMILES string of the molecule is Cc1ccc(C2(c3ccc(C)c(C)c3)c3ccccc3-c3ccccc32)cc1C. The van der Waals surface area contributed by atoms with Crippen molar-refractivity contribution in [2.45, 2.75) is 33.1 Å². The minimum absolute atomic E-state index is 0.288. The lowest BCUT2D eigenvalue weighted by Gasteiger charge is -2.34. The Bertz CT molecular complexity index is 1140. The predicted molar refractivity (Wildman–Crippen MR) is 123 cm³/mol. The first kappa shape index (κ1) is 17.9. The van der Waals surface area contributed by atoms with Crippen LogP contribution in [-0.2, 0) is 5.41 Å². The second-order valence-corrected chi connectivity index (χ2v) is 8.44. The summed E-state index contributed by atoms with van der Waals surface area (Å²) in [5.74, 6) is 0. The van der Waals surface area contributed by atoms with Crippen LogP contribution in [0.2, 0.25) is 0 Å². The largest absolute Gasteiger partial charge is 0.0713 e. The highest BCUT2D eigenvalue weighted by atomic mass is 14.5. The van der Waals surface area contributed by atoms with E-state index in [0.29, 0.717) is 0 Å². The molecule has 0 spiro atoms. The maximum atomic E-state index is 2.39. The van der Waals surface area contributed by atoms with Crippen LogP contribution in [0.5, 0.6) is 0 Å². The van der Waals surface area contributed by atoms with Crippen LogP contribution in [0.3, 0.4) is 0 Å². The zero-order valence-corrected chi connectivity index (χ0v) is 17.6. The van der Waals surface area contributed by atoms with Crippen molar-refractivity contribution < 1.29 is 0 Å².